The Morgan fingerprint density at radius 3 is 2.17 bits per heavy atom. The van der Waals surface area contributed by atoms with Crippen molar-refractivity contribution in [2.24, 2.45) is 11.3 Å². The van der Waals surface area contributed by atoms with Crippen LogP contribution in [0.25, 0.3) is 0 Å². The first-order valence-electron chi connectivity index (χ1n) is 10.9. The van der Waals surface area contributed by atoms with Crippen LogP contribution in [0, 0.1) is 11.3 Å². The summed E-state index contributed by atoms with van der Waals surface area (Å²) in [5.41, 5.74) is 1.97. The van der Waals surface area contributed by atoms with Gasteiger partial charge in [-0.1, -0.05) is 38.5 Å². The number of fused-ring (bicyclic) bond motifs is 2. The molecule has 8 heteroatoms. The average Bonchev–Trinajstić information content (AvgIpc) is 3.16. The first kappa shape index (κ1) is 21.7. The molecule has 3 atom stereocenters. The van der Waals surface area contributed by atoms with Crippen molar-refractivity contribution in [2.45, 2.75) is 76.7 Å². The number of hydrogen-bond acceptors (Lipinski definition) is 6. The predicted octanol–water partition coefficient (Wildman–Crippen LogP) is 3.76. The van der Waals surface area contributed by atoms with Crippen molar-refractivity contribution in [1.82, 2.24) is 0 Å². The van der Waals surface area contributed by atoms with Gasteiger partial charge in [-0.25, -0.2) is 0 Å². The second-order valence-corrected chi connectivity index (χ2v) is 15.3. The van der Waals surface area contributed by atoms with E-state index in [0.717, 1.165) is 42.8 Å². The van der Waals surface area contributed by atoms with Crippen molar-refractivity contribution in [3.8, 4) is 0 Å². The molecule has 0 aromatic carbocycles. The predicted molar refractivity (Wildman–Crippen MR) is 113 cm³/mol. The van der Waals surface area contributed by atoms with Crippen LogP contribution in [0.5, 0.6) is 0 Å². The van der Waals surface area contributed by atoms with Gasteiger partial charge in [-0.3, -0.25) is 4.18 Å². The lowest BCUT2D eigenvalue weighted by atomic mass is 9.69. The van der Waals surface area contributed by atoms with Crippen LogP contribution in [0.4, 0.5) is 0 Å². The number of ether oxygens (including phenoxy) is 2. The Morgan fingerprint density at radius 2 is 1.69 bits per heavy atom. The zero-order valence-corrected chi connectivity index (χ0v) is 20.0. The van der Waals surface area contributed by atoms with Crippen molar-refractivity contribution in [3.05, 3.63) is 23.3 Å². The second-order valence-electron chi connectivity index (χ2n) is 8.94. The molecule has 0 radical (unpaired) electrons. The highest BCUT2D eigenvalue weighted by atomic mass is 32.2. The van der Waals surface area contributed by atoms with Gasteiger partial charge in [0.1, 0.15) is 12.2 Å². The summed E-state index contributed by atoms with van der Waals surface area (Å²) in [6.07, 6.45) is 6.17. The van der Waals surface area contributed by atoms with E-state index in [0.29, 0.717) is 13.2 Å². The summed E-state index contributed by atoms with van der Waals surface area (Å²) in [6.45, 7) is 9.92. The lowest BCUT2D eigenvalue weighted by Gasteiger charge is -2.52. The number of hydrogen-bond donors (Lipinski definition) is 0. The van der Waals surface area contributed by atoms with Crippen molar-refractivity contribution >= 4 is 18.4 Å². The van der Waals surface area contributed by atoms with Crippen LogP contribution in [-0.4, -0.2) is 54.2 Å². The minimum Gasteiger partial charge on any atom is -0.407 e. The van der Waals surface area contributed by atoms with E-state index in [2.05, 4.69) is 33.8 Å². The molecule has 6 nitrogen and oxygen atoms in total. The van der Waals surface area contributed by atoms with Gasteiger partial charge in [-0.05, 0) is 43.5 Å². The van der Waals surface area contributed by atoms with Crippen molar-refractivity contribution in [1.29, 1.82) is 0 Å². The third kappa shape index (κ3) is 3.22. The van der Waals surface area contributed by atoms with Crippen molar-refractivity contribution < 1.29 is 26.5 Å². The van der Waals surface area contributed by atoms with Crippen LogP contribution in [0.3, 0.4) is 0 Å². The topological polar surface area (TPSA) is 71.1 Å². The first-order chi connectivity index (χ1) is 13.7. The largest absolute Gasteiger partial charge is 0.407 e. The molecule has 0 aromatic heterocycles. The maximum absolute atomic E-state index is 11.9. The molecule has 0 N–H and O–H groups in total. The highest BCUT2D eigenvalue weighted by Crippen LogP contribution is 2.69. The van der Waals surface area contributed by atoms with Gasteiger partial charge in [0.15, 0.2) is 8.32 Å². The fraction of sp³-hybridized carbons (Fsp3) is 0.810. The van der Waals surface area contributed by atoms with Crippen LogP contribution in [0.1, 0.15) is 40.5 Å². The van der Waals surface area contributed by atoms with Gasteiger partial charge in [-0.15, -0.1) is 0 Å². The van der Waals surface area contributed by atoms with E-state index in [4.69, 9.17) is 18.1 Å². The Balaban J connectivity index is 1.81. The zero-order valence-electron chi connectivity index (χ0n) is 18.2. The normalized spacial score (nSPS) is 32.4. The molecule has 0 amide bonds. The van der Waals surface area contributed by atoms with E-state index < -0.39 is 30.3 Å². The van der Waals surface area contributed by atoms with Gasteiger partial charge in [0.25, 0.3) is 10.1 Å². The smallest absolute Gasteiger partial charge is 0.265 e. The molecule has 3 aliphatic carbocycles. The summed E-state index contributed by atoms with van der Waals surface area (Å²) >= 11 is 0. The van der Waals surface area contributed by atoms with Gasteiger partial charge in [-0.2, -0.15) is 8.42 Å². The summed E-state index contributed by atoms with van der Waals surface area (Å²) in [6, 6.07) is 3.12. The summed E-state index contributed by atoms with van der Waals surface area (Å²) < 4.78 is 49.2. The Bertz CT molecular complexity index is 810. The van der Waals surface area contributed by atoms with Gasteiger partial charge in [0.05, 0.1) is 19.5 Å². The molecule has 1 aliphatic heterocycles. The lowest BCUT2D eigenvalue weighted by molar-refractivity contribution is -0.260. The van der Waals surface area contributed by atoms with E-state index in [1.54, 1.807) is 0 Å². The molecule has 2 fully saturated rings. The van der Waals surface area contributed by atoms with E-state index in [1.165, 1.54) is 5.57 Å². The molecule has 1 unspecified atom stereocenters. The Morgan fingerprint density at radius 1 is 1.10 bits per heavy atom. The highest BCUT2D eigenvalue weighted by molar-refractivity contribution is 7.86. The molecule has 0 aromatic rings. The maximum atomic E-state index is 11.9. The second kappa shape index (κ2) is 7.27. The van der Waals surface area contributed by atoms with Crippen LogP contribution < -0.4 is 0 Å². The number of rotatable bonds is 7. The Kier molecular flexibility index (Phi) is 5.45. The maximum Gasteiger partial charge on any atom is 0.265 e. The van der Waals surface area contributed by atoms with Crippen LogP contribution in [0.15, 0.2) is 23.3 Å². The van der Waals surface area contributed by atoms with E-state index in [1.807, 2.05) is 6.08 Å². The van der Waals surface area contributed by atoms with Gasteiger partial charge < -0.3 is 13.9 Å². The average molecular weight is 443 g/mol. The van der Waals surface area contributed by atoms with Crippen LogP contribution in [0.2, 0.25) is 18.1 Å². The van der Waals surface area contributed by atoms with Crippen molar-refractivity contribution in [3.63, 3.8) is 0 Å². The third-order valence-electron chi connectivity index (χ3n) is 7.73. The molecule has 1 heterocycles. The molecule has 1 saturated carbocycles. The van der Waals surface area contributed by atoms with Gasteiger partial charge in [0.2, 0.25) is 5.79 Å². The van der Waals surface area contributed by atoms with E-state index in [-0.39, 0.29) is 17.4 Å². The Labute approximate surface area is 175 Å². The van der Waals surface area contributed by atoms with Crippen LogP contribution in [-0.2, 0) is 28.2 Å². The minimum atomic E-state index is -3.57. The summed E-state index contributed by atoms with van der Waals surface area (Å²) in [5, 5.41) is 0. The van der Waals surface area contributed by atoms with Crippen LogP contribution >= 0.6 is 0 Å². The minimum absolute atomic E-state index is 0.0809. The zero-order chi connectivity index (χ0) is 21.1. The fourth-order valence-electron chi connectivity index (χ4n) is 5.80. The lowest BCUT2D eigenvalue weighted by Crippen LogP contribution is -2.62. The molecule has 4 rings (SSSR count). The highest BCUT2D eigenvalue weighted by Gasteiger charge is 2.73. The molecular weight excluding hydrogens is 408 g/mol. The molecule has 2 spiro atoms. The summed E-state index contributed by atoms with van der Waals surface area (Å²) in [7, 11) is -5.53. The monoisotopic (exact) mass is 442 g/mol. The first-order valence-corrected chi connectivity index (χ1v) is 15.3. The summed E-state index contributed by atoms with van der Waals surface area (Å²) in [4.78, 5) is 0. The molecule has 4 aliphatic rings. The van der Waals surface area contributed by atoms with Crippen molar-refractivity contribution in [2.75, 3.05) is 19.5 Å². The molecule has 1 saturated heterocycles. The third-order valence-corrected chi connectivity index (χ3v) is 12.9. The summed E-state index contributed by atoms with van der Waals surface area (Å²) in [5.74, 6) is -0.851. The van der Waals surface area contributed by atoms with E-state index in [9.17, 15) is 8.42 Å². The quantitative estimate of drug-likeness (QED) is 0.340. The SMILES string of the molecule is CC[Si](CC)(CC)O[C@@H]1[C@@H]2C=CC(OS(C)(=O)=O)C2=C(C)C2(CC2)C12OCCO2. The molecule has 164 valence electrons. The fourth-order valence-corrected chi connectivity index (χ4v) is 9.19. The van der Waals surface area contributed by atoms with E-state index >= 15 is 0 Å². The molecule has 29 heavy (non-hydrogen) atoms. The molecule has 0 bridgehead atoms. The molecular formula is C21H34O6SSi. The standard InChI is InChI=1S/C21H34O6SSi/c1-6-29(7-2,8-3)27-19-16-9-10-17(26-28(5,22)23)18(16)15(4)20(11-12-20)21(19)24-13-14-25-21/h9-10,16-17,19H,6-8,11-14H2,1-5H3/t16-,17?,19-/m1/s1. The van der Waals surface area contributed by atoms with Gasteiger partial charge >= 0.3 is 0 Å². The Hall–Kier alpha value is -0.513. The van der Waals surface area contributed by atoms with Gasteiger partial charge in [0, 0.05) is 11.3 Å².